The first-order chi connectivity index (χ1) is 10.2. The molecule has 3 rings (SSSR count). The lowest BCUT2D eigenvalue weighted by atomic mass is 9.99. The number of aryl methyl sites for hydroxylation is 1. The number of hydrogen-bond acceptors (Lipinski definition) is 4. The maximum Gasteiger partial charge on any atom is 0.230 e. The summed E-state index contributed by atoms with van der Waals surface area (Å²) in [6.07, 6.45) is 5.70. The quantitative estimate of drug-likeness (QED) is 0.897. The van der Waals surface area contributed by atoms with Gasteiger partial charge in [-0.05, 0) is 49.8 Å². The van der Waals surface area contributed by atoms with Crippen LogP contribution >= 0.6 is 15.9 Å². The van der Waals surface area contributed by atoms with Gasteiger partial charge in [0.15, 0.2) is 0 Å². The molecule has 21 heavy (non-hydrogen) atoms. The van der Waals surface area contributed by atoms with Gasteiger partial charge in [-0.3, -0.25) is 0 Å². The van der Waals surface area contributed by atoms with Crippen LogP contribution in [0.3, 0.4) is 0 Å². The molecule has 1 aliphatic rings. The lowest BCUT2D eigenvalue weighted by Crippen LogP contribution is -2.19. The van der Waals surface area contributed by atoms with Gasteiger partial charge in [-0.15, -0.1) is 0 Å². The Hall–Kier alpha value is -1.33. The van der Waals surface area contributed by atoms with Crippen molar-refractivity contribution < 1.29 is 9.26 Å². The van der Waals surface area contributed by atoms with E-state index in [-0.39, 0.29) is 0 Å². The van der Waals surface area contributed by atoms with E-state index in [4.69, 9.17) is 15.0 Å². The van der Waals surface area contributed by atoms with Crippen molar-refractivity contribution in [3.8, 4) is 11.1 Å². The average molecular weight is 351 g/mol. The summed E-state index contributed by atoms with van der Waals surface area (Å²) in [7, 11) is 0. The highest BCUT2D eigenvalue weighted by molar-refractivity contribution is 9.10. The maximum atomic E-state index is 5.96. The van der Waals surface area contributed by atoms with E-state index in [0.717, 1.165) is 47.2 Å². The summed E-state index contributed by atoms with van der Waals surface area (Å²) in [5.74, 6) is 0.382. The van der Waals surface area contributed by atoms with Crippen molar-refractivity contribution in [2.75, 3.05) is 12.3 Å². The summed E-state index contributed by atoms with van der Waals surface area (Å²) in [4.78, 5) is 0. The van der Waals surface area contributed by atoms with Crippen molar-refractivity contribution in [2.24, 2.45) is 0 Å². The largest absolute Gasteiger partial charge is 0.378 e. The molecule has 0 spiro atoms. The predicted molar refractivity (Wildman–Crippen MR) is 86.0 cm³/mol. The number of hydrogen-bond donors (Lipinski definition) is 1. The van der Waals surface area contributed by atoms with Gasteiger partial charge in [0, 0.05) is 11.1 Å². The van der Waals surface area contributed by atoms with Gasteiger partial charge in [0.2, 0.25) is 5.88 Å². The van der Waals surface area contributed by atoms with Crippen LogP contribution in [0.15, 0.2) is 33.3 Å². The van der Waals surface area contributed by atoms with Crippen LogP contribution in [0.5, 0.6) is 0 Å². The van der Waals surface area contributed by atoms with Crippen LogP contribution in [-0.4, -0.2) is 17.9 Å². The molecule has 0 bridgehead atoms. The highest BCUT2D eigenvalue weighted by atomic mass is 79.9. The fourth-order valence-electron chi connectivity index (χ4n) is 2.79. The molecule has 1 atom stereocenters. The molecule has 0 amide bonds. The third-order valence-electron chi connectivity index (χ3n) is 3.88. The van der Waals surface area contributed by atoms with Crippen molar-refractivity contribution >= 4 is 21.8 Å². The van der Waals surface area contributed by atoms with E-state index in [9.17, 15) is 0 Å². The molecule has 1 unspecified atom stereocenters. The molecule has 4 nitrogen and oxygen atoms in total. The van der Waals surface area contributed by atoms with E-state index in [2.05, 4.69) is 21.1 Å². The molecular formula is C16H19BrN2O2. The Morgan fingerprint density at radius 3 is 3.00 bits per heavy atom. The van der Waals surface area contributed by atoms with Gasteiger partial charge in [-0.25, -0.2) is 0 Å². The van der Waals surface area contributed by atoms with Crippen LogP contribution in [0.2, 0.25) is 0 Å². The molecule has 112 valence electrons. The molecule has 1 fully saturated rings. The Balaban J connectivity index is 1.77. The number of benzene rings is 1. The van der Waals surface area contributed by atoms with Gasteiger partial charge in [-0.1, -0.05) is 33.2 Å². The molecule has 0 aliphatic carbocycles. The highest BCUT2D eigenvalue weighted by Gasteiger charge is 2.19. The second-order valence-electron chi connectivity index (χ2n) is 5.41. The Labute approximate surface area is 132 Å². The minimum Gasteiger partial charge on any atom is -0.378 e. The lowest BCUT2D eigenvalue weighted by Gasteiger charge is -2.22. The molecule has 5 heteroatoms. The van der Waals surface area contributed by atoms with Crippen molar-refractivity contribution in [1.29, 1.82) is 0 Å². The van der Waals surface area contributed by atoms with Crippen molar-refractivity contribution in [1.82, 2.24) is 5.16 Å². The molecule has 2 aromatic rings. The average Bonchev–Trinajstić information content (AvgIpc) is 2.87. The van der Waals surface area contributed by atoms with Crippen LogP contribution in [0.4, 0.5) is 5.88 Å². The molecule has 2 N–H and O–H groups in total. The van der Waals surface area contributed by atoms with E-state index >= 15 is 0 Å². The fourth-order valence-corrected chi connectivity index (χ4v) is 3.19. The van der Waals surface area contributed by atoms with E-state index < -0.39 is 0 Å². The molecule has 1 aromatic carbocycles. The number of ether oxygens (including phenoxy) is 1. The topological polar surface area (TPSA) is 61.3 Å². The van der Waals surface area contributed by atoms with Crippen molar-refractivity contribution in [2.45, 2.75) is 38.2 Å². The number of aromatic nitrogens is 1. The lowest BCUT2D eigenvalue weighted by molar-refractivity contribution is 0.0113. The molecule has 1 aromatic heterocycles. The Morgan fingerprint density at radius 1 is 1.33 bits per heavy atom. The summed E-state index contributed by atoms with van der Waals surface area (Å²) in [5, 5.41) is 4.14. The number of halogens is 1. The van der Waals surface area contributed by atoms with Crippen LogP contribution in [-0.2, 0) is 11.2 Å². The third-order valence-corrected chi connectivity index (χ3v) is 4.37. The molecule has 2 heterocycles. The number of rotatable bonds is 4. The molecule has 0 saturated carbocycles. The smallest absolute Gasteiger partial charge is 0.230 e. The number of anilines is 1. The Morgan fingerprint density at radius 2 is 2.24 bits per heavy atom. The minimum absolute atomic E-state index is 0.340. The molecule has 1 saturated heterocycles. The second kappa shape index (κ2) is 6.62. The minimum atomic E-state index is 0.340. The fraction of sp³-hybridized carbons (Fsp3) is 0.438. The normalized spacial score (nSPS) is 18.8. The van der Waals surface area contributed by atoms with Crippen molar-refractivity contribution in [3.05, 3.63) is 34.4 Å². The molecular weight excluding hydrogens is 332 g/mol. The summed E-state index contributed by atoms with van der Waals surface area (Å²) in [5.41, 5.74) is 8.81. The van der Waals surface area contributed by atoms with E-state index in [1.165, 1.54) is 12.8 Å². The highest BCUT2D eigenvalue weighted by Crippen LogP contribution is 2.32. The first-order valence-corrected chi connectivity index (χ1v) is 8.15. The van der Waals surface area contributed by atoms with Gasteiger partial charge in [-0.2, -0.15) is 0 Å². The Kier molecular flexibility index (Phi) is 4.60. The number of nitrogens with two attached hydrogens (primary N) is 1. The van der Waals surface area contributed by atoms with Gasteiger partial charge < -0.3 is 15.0 Å². The molecule has 0 radical (unpaired) electrons. The predicted octanol–water partition coefficient (Wildman–Crippen LogP) is 4.19. The van der Waals surface area contributed by atoms with Crippen LogP contribution in [0.25, 0.3) is 11.1 Å². The van der Waals surface area contributed by atoms with E-state index in [1.54, 1.807) is 0 Å². The van der Waals surface area contributed by atoms with Crippen LogP contribution in [0.1, 0.15) is 31.4 Å². The van der Waals surface area contributed by atoms with Crippen LogP contribution < -0.4 is 5.73 Å². The van der Waals surface area contributed by atoms with Gasteiger partial charge in [0.05, 0.1) is 17.4 Å². The van der Waals surface area contributed by atoms with Crippen LogP contribution in [0, 0.1) is 0 Å². The summed E-state index contributed by atoms with van der Waals surface area (Å²) in [6, 6.07) is 8.03. The van der Waals surface area contributed by atoms with Gasteiger partial charge in [0.1, 0.15) is 0 Å². The van der Waals surface area contributed by atoms with E-state index in [0.29, 0.717) is 12.0 Å². The monoisotopic (exact) mass is 350 g/mol. The SMILES string of the molecule is Nc1onc(CCC2CCCCO2)c1-c1cccc(Br)c1. The number of nitrogen functional groups attached to an aromatic ring is 1. The summed E-state index contributed by atoms with van der Waals surface area (Å²) >= 11 is 3.49. The van der Waals surface area contributed by atoms with Gasteiger partial charge in [0.25, 0.3) is 0 Å². The first-order valence-electron chi connectivity index (χ1n) is 7.35. The maximum absolute atomic E-state index is 5.96. The summed E-state index contributed by atoms with van der Waals surface area (Å²) < 4.78 is 12.0. The number of nitrogens with zero attached hydrogens (tertiary/aromatic N) is 1. The molecule has 1 aliphatic heterocycles. The second-order valence-corrected chi connectivity index (χ2v) is 6.32. The third kappa shape index (κ3) is 3.47. The van der Waals surface area contributed by atoms with Crippen molar-refractivity contribution in [3.63, 3.8) is 0 Å². The van der Waals surface area contributed by atoms with Gasteiger partial charge >= 0.3 is 0 Å². The zero-order valence-electron chi connectivity index (χ0n) is 11.8. The Bertz CT molecular complexity index is 606. The summed E-state index contributed by atoms with van der Waals surface area (Å²) in [6.45, 7) is 0.879. The standard InChI is InChI=1S/C16H19BrN2O2/c17-12-5-3-4-11(10-12)15-14(19-21-16(15)18)8-7-13-6-1-2-9-20-13/h3-5,10,13H,1-2,6-9,18H2. The van der Waals surface area contributed by atoms with E-state index in [1.807, 2.05) is 24.3 Å². The zero-order chi connectivity index (χ0) is 14.7. The first kappa shape index (κ1) is 14.6. The zero-order valence-corrected chi connectivity index (χ0v) is 13.4.